The van der Waals surface area contributed by atoms with Gasteiger partial charge in [-0.3, -0.25) is 9.78 Å². The standard InChI is InChI=1S/C13H20N2O3/c1-10(2)18-9-13(16)15-12(8-17-3)11-6-4-5-7-14-11/h4-7,10,12H,8-9H2,1-3H3,(H,15,16). The molecule has 0 aliphatic rings. The maximum atomic E-state index is 11.7. The van der Waals surface area contributed by atoms with Crippen LogP contribution in [0.1, 0.15) is 25.6 Å². The van der Waals surface area contributed by atoms with Crippen LogP contribution in [-0.4, -0.2) is 37.3 Å². The molecule has 5 nitrogen and oxygen atoms in total. The molecule has 18 heavy (non-hydrogen) atoms. The van der Waals surface area contributed by atoms with Crippen LogP contribution < -0.4 is 5.32 Å². The van der Waals surface area contributed by atoms with Crippen molar-refractivity contribution in [3.8, 4) is 0 Å². The summed E-state index contributed by atoms with van der Waals surface area (Å²) < 4.78 is 10.3. The van der Waals surface area contributed by atoms with Crippen LogP contribution in [0.25, 0.3) is 0 Å². The Balaban J connectivity index is 2.55. The first kappa shape index (κ1) is 14.6. The van der Waals surface area contributed by atoms with E-state index in [0.29, 0.717) is 6.61 Å². The van der Waals surface area contributed by atoms with Crippen molar-refractivity contribution in [1.82, 2.24) is 10.3 Å². The van der Waals surface area contributed by atoms with Crippen LogP contribution in [0.5, 0.6) is 0 Å². The molecular weight excluding hydrogens is 232 g/mol. The molecule has 0 saturated heterocycles. The number of carbonyl (C=O) groups excluding carboxylic acids is 1. The summed E-state index contributed by atoms with van der Waals surface area (Å²) in [5.41, 5.74) is 0.775. The van der Waals surface area contributed by atoms with E-state index in [-0.39, 0.29) is 24.7 Å². The number of pyridine rings is 1. The molecule has 0 bridgehead atoms. The van der Waals surface area contributed by atoms with Crippen molar-refractivity contribution in [3.63, 3.8) is 0 Å². The Hall–Kier alpha value is -1.46. The predicted molar refractivity (Wildman–Crippen MR) is 68.1 cm³/mol. The molecular formula is C13H20N2O3. The van der Waals surface area contributed by atoms with Crippen molar-refractivity contribution < 1.29 is 14.3 Å². The summed E-state index contributed by atoms with van der Waals surface area (Å²) in [6.07, 6.45) is 1.72. The van der Waals surface area contributed by atoms with Gasteiger partial charge in [-0.1, -0.05) is 6.07 Å². The molecule has 1 unspecified atom stereocenters. The normalized spacial score (nSPS) is 12.4. The van der Waals surface area contributed by atoms with Gasteiger partial charge in [0.05, 0.1) is 24.4 Å². The SMILES string of the molecule is COCC(NC(=O)COC(C)C)c1ccccn1. The van der Waals surface area contributed by atoms with E-state index in [2.05, 4.69) is 10.3 Å². The Morgan fingerprint density at radius 3 is 2.78 bits per heavy atom. The molecule has 0 fully saturated rings. The third-order valence-electron chi connectivity index (χ3n) is 2.26. The molecule has 1 aromatic heterocycles. The minimum Gasteiger partial charge on any atom is -0.382 e. The lowest BCUT2D eigenvalue weighted by Crippen LogP contribution is -2.35. The van der Waals surface area contributed by atoms with Crippen molar-refractivity contribution >= 4 is 5.91 Å². The minimum atomic E-state index is -0.250. The molecule has 100 valence electrons. The van der Waals surface area contributed by atoms with Gasteiger partial charge < -0.3 is 14.8 Å². The molecule has 1 atom stereocenters. The summed E-state index contributed by atoms with van der Waals surface area (Å²) in [5, 5.41) is 2.84. The predicted octanol–water partition coefficient (Wildman–Crippen LogP) is 1.31. The zero-order valence-corrected chi connectivity index (χ0v) is 11.1. The highest BCUT2D eigenvalue weighted by molar-refractivity contribution is 5.77. The molecule has 0 aliphatic carbocycles. The van der Waals surface area contributed by atoms with Gasteiger partial charge in [0.25, 0.3) is 0 Å². The molecule has 1 N–H and O–H groups in total. The third kappa shape index (κ3) is 5.25. The number of methoxy groups -OCH3 is 1. The van der Waals surface area contributed by atoms with E-state index in [0.717, 1.165) is 5.69 Å². The lowest BCUT2D eigenvalue weighted by molar-refractivity contribution is -0.128. The van der Waals surface area contributed by atoms with Crippen molar-refractivity contribution in [2.75, 3.05) is 20.3 Å². The lowest BCUT2D eigenvalue weighted by atomic mass is 10.2. The quantitative estimate of drug-likeness (QED) is 0.795. The van der Waals surface area contributed by atoms with E-state index in [1.165, 1.54) is 0 Å². The maximum Gasteiger partial charge on any atom is 0.246 e. The summed E-state index contributed by atoms with van der Waals surface area (Å²) in [5.74, 6) is -0.170. The number of hydrogen-bond acceptors (Lipinski definition) is 4. The van der Waals surface area contributed by atoms with Gasteiger partial charge in [-0.25, -0.2) is 0 Å². The van der Waals surface area contributed by atoms with Crippen LogP contribution in [0.15, 0.2) is 24.4 Å². The van der Waals surface area contributed by atoms with Crippen LogP contribution in [0.2, 0.25) is 0 Å². The second-order valence-electron chi connectivity index (χ2n) is 4.19. The summed E-state index contributed by atoms with van der Waals surface area (Å²) in [6, 6.07) is 5.31. The molecule has 1 heterocycles. The monoisotopic (exact) mass is 252 g/mol. The van der Waals surface area contributed by atoms with Crippen LogP contribution in [-0.2, 0) is 14.3 Å². The highest BCUT2D eigenvalue weighted by atomic mass is 16.5. The van der Waals surface area contributed by atoms with E-state index in [1.54, 1.807) is 13.3 Å². The first-order valence-electron chi connectivity index (χ1n) is 5.94. The molecule has 1 aromatic rings. The van der Waals surface area contributed by atoms with E-state index >= 15 is 0 Å². The van der Waals surface area contributed by atoms with Crippen LogP contribution in [0.4, 0.5) is 0 Å². The van der Waals surface area contributed by atoms with E-state index < -0.39 is 0 Å². The number of rotatable bonds is 7. The molecule has 0 aromatic carbocycles. The van der Waals surface area contributed by atoms with Crippen molar-refractivity contribution in [2.45, 2.75) is 26.0 Å². The third-order valence-corrected chi connectivity index (χ3v) is 2.26. The largest absolute Gasteiger partial charge is 0.382 e. The fraction of sp³-hybridized carbons (Fsp3) is 0.538. The smallest absolute Gasteiger partial charge is 0.246 e. The average molecular weight is 252 g/mol. The molecule has 0 spiro atoms. The number of aromatic nitrogens is 1. The van der Waals surface area contributed by atoms with Crippen LogP contribution in [0, 0.1) is 0 Å². The van der Waals surface area contributed by atoms with Crippen LogP contribution >= 0.6 is 0 Å². The van der Waals surface area contributed by atoms with Gasteiger partial charge in [0.15, 0.2) is 0 Å². The number of carbonyl (C=O) groups is 1. The fourth-order valence-electron chi connectivity index (χ4n) is 1.43. The topological polar surface area (TPSA) is 60.5 Å². The average Bonchev–Trinajstić information content (AvgIpc) is 2.37. The molecule has 5 heteroatoms. The number of amides is 1. The highest BCUT2D eigenvalue weighted by Crippen LogP contribution is 2.09. The molecule has 0 aliphatic heterocycles. The van der Waals surface area contributed by atoms with E-state index in [4.69, 9.17) is 9.47 Å². The first-order valence-corrected chi connectivity index (χ1v) is 5.94. The maximum absolute atomic E-state index is 11.7. The van der Waals surface area contributed by atoms with Gasteiger partial charge in [0.2, 0.25) is 5.91 Å². The Kier molecular flexibility index (Phi) is 6.32. The Morgan fingerprint density at radius 1 is 1.44 bits per heavy atom. The summed E-state index contributed by atoms with van der Waals surface area (Å²) in [6.45, 7) is 4.20. The Labute approximate surface area is 108 Å². The molecule has 1 rings (SSSR count). The number of ether oxygens (including phenoxy) is 2. The Morgan fingerprint density at radius 2 is 2.22 bits per heavy atom. The summed E-state index contributed by atoms with van der Waals surface area (Å²) in [4.78, 5) is 15.9. The van der Waals surface area contributed by atoms with E-state index in [1.807, 2.05) is 32.0 Å². The zero-order valence-electron chi connectivity index (χ0n) is 11.1. The van der Waals surface area contributed by atoms with Crippen LogP contribution in [0.3, 0.4) is 0 Å². The van der Waals surface area contributed by atoms with Crippen molar-refractivity contribution in [2.24, 2.45) is 0 Å². The second kappa shape index (κ2) is 7.79. The van der Waals surface area contributed by atoms with Gasteiger partial charge in [0.1, 0.15) is 6.61 Å². The minimum absolute atomic E-state index is 0.0338. The number of nitrogens with one attached hydrogen (secondary N) is 1. The second-order valence-corrected chi connectivity index (χ2v) is 4.19. The number of nitrogens with zero attached hydrogens (tertiary/aromatic N) is 1. The van der Waals surface area contributed by atoms with E-state index in [9.17, 15) is 4.79 Å². The number of hydrogen-bond donors (Lipinski definition) is 1. The summed E-state index contributed by atoms with van der Waals surface area (Å²) in [7, 11) is 1.59. The van der Waals surface area contributed by atoms with Crippen molar-refractivity contribution in [3.05, 3.63) is 30.1 Å². The van der Waals surface area contributed by atoms with Gasteiger partial charge >= 0.3 is 0 Å². The molecule has 1 amide bonds. The molecule has 0 radical (unpaired) electrons. The Bertz CT molecular complexity index is 355. The summed E-state index contributed by atoms with van der Waals surface area (Å²) >= 11 is 0. The first-order chi connectivity index (χ1) is 8.63. The van der Waals surface area contributed by atoms with Gasteiger partial charge in [-0.2, -0.15) is 0 Å². The fourth-order valence-corrected chi connectivity index (χ4v) is 1.43. The van der Waals surface area contributed by atoms with Gasteiger partial charge in [-0.15, -0.1) is 0 Å². The zero-order chi connectivity index (χ0) is 13.4. The van der Waals surface area contributed by atoms with Crippen molar-refractivity contribution in [1.29, 1.82) is 0 Å². The highest BCUT2D eigenvalue weighted by Gasteiger charge is 2.15. The lowest BCUT2D eigenvalue weighted by Gasteiger charge is -2.17. The van der Waals surface area contributed by atoms with Gasteiger partial charge in [-0.05, 0) is 26.0 Å². The van der Waals surface area contributed by atoms with Gasteiger partial charge in [0, 0.05) is 13.3 Å². The molecule has 0 saturated carbocycles.